The van der Waals surface area contributed by atoms with Crippen LogP contribution in [0.2, 0.25) is 0 Å². The summed E-state index contributed by atoms with van der Waals surface area (Å²) in [5, 5.41) is 7.64. The maximum absolute atomic E-state index is 5.50. The van der Waals surface area contributed by atoms with Gasteiger partial charge in [-0.05, 0) is 18.6 Å². The van der Waals surface area contributed by atoms with Crippen molar-refractivity contribution in [3.05, 3.63) is 53.9 Å². The summed E-state index contributed by atoms with van der Waals surface area (Å²) >= 11 is 0. The van der Waals surface area contributed by atoms with E-state index in [1.165, 1.54) is 0 Å². The van der Waals surface area contributed by atoms with Crippen LogP contribution in [0.25, 0.3) is 11.5 Å². The molecule has 25 heavy (non-hydrogen) atoms. The van der Waals surface area contributed by atoms with E-state index in [1.807, 2.05) is 50.6 Å². The lowest BCUT2D eigenvalue weighted by molar-refractivity contribution is 0.139. The van der Waals surface area contributed by atoms with E-state index in [2.05, 4.69) is 29.9 Å². The average Bonchev–Trinajstić information content (AvgIpc) is 3.25. The molecule has 1 saturated heterocycles. The third kappa shape index (κ3) is 3.20. The van der Waals surface area contributed by atoms with Crippen LogP contribution in [0, 0.1) is 6.92 Å². The average molecular weight is 338 g/mol. The highest BCUT2D eigenvalue weighted by atomic mass is 16.5. The summed E-state index contributed by atoms with van der Waals surface area (Å²) in [6.07, 6.45) is 3.82. The van der Waals surface area contributed by atoms with Gasteiger partial charge in [0, 0.05) is 44.6 Å². The molecule has 0 saturated carbocycles. The Hall–Kier alpha value is -2.51. The fraction of sp³-hybridized carbons (Fsp3) is 0.389. The quantitative estimate of drug-likeness (QED) is 0.784. The lowest BCUT2D eigenvalue weighted by atomic mass is 10.1. The van der Waals surface area contributed by atoms with Gasteiger partial charge < -0.3 is 14.4 Å². The zero-order valence-corrected chi connectivity index (χ0v) is 14.5. The molecule has 0 bridgehead atoms. The van der Waals surface area contributed by atoms with Crippen LogP contribution in [0.3, 0.4) is 0 Å². The SMILES string of the molecule is Cc1ccccc1-c1nc(CN2CCNCC2c2nccn2C)no1. The van der Waals surface area contributed by atoms with Crippen molar-refractivity contribution in [3.63, 3.8) is 0 Å². The minimum atomic E-state index is 0.203. The van der Waals surface area contributed by atoms with Crippen molar-refractivity contribution in [2.24, 2.45) is 7.05 Å². The Kier molecular flexibility index (Phi) is 4.33. The number of nitrogens with zero attached hydrogens (tertiary/aromatic N) is 5. The Balaban J connectivity index is 1.55. The first-order valence-electron chi connectivity index (χ1n) is 8.53. The summed E-state index contributed by atoms with van der Waals surface area (Å²) in [5.74, 6) is 2.34. The van der Waals surface area contributed by atoms with Gasteiger partial charge in [-0.1, -0.05) is 23.4 Å². The number of benzene rings is 1. The van der Waals surface area contributed by atoms with E-state index < -0.39 is 0 Å². The number of piperazine rings is 1. The lowest BCUT2D eigenvalue weighted by Gasteiger charge is -2.34. The second-order valence-electron chi connectivity index (χ2n) is 6.42. The van der Waals surface area contributed by atoms with E-state index in [9.17, 15) is 0 Å². The third-order valence-electron chi connectivity index (χ3n) is 4.70. The van der Waals surface area contributed by atoms with Gasteiger partial charge in [0.05, 0.1) is 12.6 Å². The van der Waals surface area contributed by atoms with E-state index in [4.69, 9.17) is 4.52 Å². The summed E-state index contributed by atoms with van der Waals surface area (Å²) in [4.78, 5) is 11.5. The Morgan fingerprint density at radius 2 is 2.20 bits per heavy atom. The van der Waals surface area contributed by atoms with Crippen molar-refractivity contribution >= 4 is 0 Å². The van der Waals surface area contributed by atoms with Crippen LogP contribution in [0.1, 0.15) is 23.3 Å². The second-order valence-corrected chi connectivity index (χ2v) is 6.42. The molecule has 1 fully saturated rings. The highest BCUT2D eigenvalue weighted by molar-refractivity contribution is 5.57. The molecular weight excluding hydrogens is 316 g/mol. The molecule has 1 unspecified atom stereocenters. The van der Waals surface area contributed by atoms with Crippen LogP contribution >= 0.6 is 0 Å². The first-order valence-corrected chi connectivity index (χ1v) is 8.53. The zero-order chi connectivity index (χ0) is 17.2. The third-order valence-corrected chi connectivity index (χ3v) is 4.70. The Morgan fingerprint density at radius 3 is 3.00 bits per heavy atom. The van der Waals surface area contributed by atoms with Crippen LogP contribution in [-0.4, -0.2) is 44.2 Å². The van der Waals surface area contributed by atoms with Crippen LogP contribution in [0.5, 0.6) is 0 Å². The molecule has 3 aromatic rings. The first kappa shape index (κ1) is 16.0. The number of aromatic nitrogens is 4. The van der Waals surface area contributed by atoms with Crippen molar-refractivity contribution in [2.75, 3.05) is 19.6 Å². The number of hydrogen-bond acceptors (Lipinski definition) is 6. The van der Waals surface area contributed by atoms with Crippen molar-refractivity contribution in [2.45, 2.75) is 19.5 Å². The molecule has 4 rings (SSSR count). The van der Waals surface area contributed by atoms with Gasteiger partial charge in [0.2, 0.25) is 0 Å². The molecule has 1 N–H and O–H groups in total. The van der Waals surface area contributed by atoms with E-state index in [0.29, 0.717) is 18.3 Å². The van der Waals surface area contributed by atoms with Crippen molar-refractivity contribution < 1.29 is 4.52 Å². The van der Waals surface area contributed by atoms with E-state index in [-0.39, 0.29) is 6.04 Å². The lowest BCUT2D eigenvalue weighted by Crippen LogP contribution is -2.46. The summed E-state index contributed by atoms with van der Waals surface area (Å²) in [7, 11) is 2.03. The molecule has 2 aromatic heterocycles. The smallest absolute Gasteiger partial charge is 0.258 e. The number of nitrogens with one attached hydrogen (secondary N) is 1. The highest BCUT2D eigenvalue weighted by Gasteiger charge is 2.28. The molecule has 0 radical (unpaired) electrons. The minimum Gasteiger partial charge on any atom is -0.337 e. The van der Waals surface area contributed by atoms with Crippen LogP contribution < -0.4 is 5.32 Å². The van der Waals surface area contributed by atoms with Gasteiger partial charge in [-0.2, -0.15) is 4.98 Å². The van der Waals surface area contributed by atoms with Crippen LogP contribution in [0.15, 0.2) is 41.2 Å². The molecule has 1 aliphatic heterocycles. The second kappa shape index (κ2) is 6.78. The van der Waals surface area contributed by atoms with Crippen LogP contribution in [-0.2, 0) is 13.6 Å². The molecule has 130 valence electrons. The maximum atomic E-state index is 5.50. The molecule has 1 aliphatic rings. The molecule has 3 heterocycles. The summed E-state index contributed by atoms with van der Waals surface area (Å²) in [6.45, 7) is 5.43. The maximum Gasteiger partial charge on any atom is 0.258 e. The van der Waals surface area contributed by atoms with Crippen molar-refractivity contribution in [1.29, 1.82) is 0 Å². The van der Waals surface area contributed by atoms with Gasteiger partial charge in [0.25, 0.3) is 5.89 Å². The number of imidazole rings is 1. The summed E-state index contributed by atoms with van der Waals surface area (Å²) in [6, 6.07) is 8.25. The monoisotopic (exact) mass is 338 g/mol. The van der Waals surface area contributed by atoms with Gasteiger partial charge in [-0.15, -0.1) is 0 Å². The largest absolute Gasteiger partial charge is 0.337 e. The zero-order valence-electron chi connectivity index (χ0n) is 14.5. The first-order chi connectivity index (χ1) is 12.2. The predicted molar refractivity (Wildman–Crippen MR) is 93.7 cm³/mol. The highest BCUT2D eigenvalue weighted by Crippen LogP contribution is 2.24. The molecular formula is C18H22N6O. The molecule has 1 aromatic carbocycles. The molecule has 0 spiro atoms. The van der Waals surface area contributed by atoms with E-state index in [1.54, 1.807) is 0 Å². The minimum absolute atomic E-state index is 0.203. The standard InChI is InChI=1S/C18H22N6O/c1-13-5-3-4-6-14(13)18-21-16(22-25-18)12-24-10-7-19-11-15(24)17-20-8-9-23(17)2/h3-6,8-9,15,19H,7,10-12H2,1-2H3. The predicted octanol–water partition coefficient (Wildman–Crippen LogP) is 1.93. The van der Waals surface area contributed by atoms with Crippen LogP contribution in [0.4, 0.5) is 0 Å². The van der Waals surface area contributed by atoms with Gasteiger partial charge >= 0.3 is 0 Å². The number of aryl methyl sites for hydroxylation is 2. The number of hydrogen-bond donors (Lipinski definition) is 1. The Morgan fingerprint density at radius 1 is 1.32 bits per heavy atom. The van der Waals surface area contributed by atoms with Gasteiger partial charge in [0.15, 0.2) is 5.82 Å². The topological polar surface area (TPSA) is 72.0 Å². The Bertz CT molecular complexity index is 855. The Labute approximate surface area is 146 Å². The van der Waals surface area contributed by atoms with Gasteiger partial charge in [-0.3, -0.25) is 4.90 Å². The van der Waals surface area contributed by atoms with Crippen molar-refractivity contribution in [1.82, 2.24) is 29.9 Å². The molecule has 7 heteroatoms. The van der Waals surface area contributed by atoms with Crippen molar-refractivity contribution in [3.8, 4) is 11.5 Å². The summed E-state index contributed by atoms with van der Waals surface area (Å²) in [5.41, 5.74) is 2.12. The molecule has 0 aliphatic carbocycles. The molecule has 0 amide bonds. The fourth-order valence-corrected chi connectivity index (χ4v) is 3.31. The molecule has 7 nitrogen and oxygen atoms in total. The van der Waals surface area contributed by atoms with Gasteiger partial charge in [-0.25, -0.2) is 4.98 Å². The van der Waals surface area contributed by atoms with E-state index in [0.717, 1.165) is 36.6 Å². The molecule has 1 atom stereocenters. The number of rotatable bonds is 4. The fourth-order valence-electron chi connectivity index (χ4n) is 3.31. The van der Waals surface area contributed by atoms with E-state index >= 15 is 0 Å². The normalized spacial score (nSPS) is 18.6. The van der Waals surface area contributed by atoms with Gasteiger partial charge in [0.1, 0.15) is 5.82 Å². The summed E-state index contributed by atoms with van der Waals surface area (Å²) < 4.78 is 7.57.